The number of carbonyl (C=O) groups is 10. The minimum atomic E-state index is -1.76. The Labute approximate surface area is 384 Å². The van der Waals surface area contributed by atoms with E-state index in [-0.39, 0.29) is 50.7 Å². The Morgan fingerprint density at radius 3 is 1.76 bits per heavy atom. The highest BCUT2D eigenvalue weighted by Crippen LogP contribution is 2.21. The van der Waals surface area contributed by atoms with E-state index in [0.29, 0.717) is 12.8 Å². The monoisotopic (exact) mass is 941 g/mol. The maximum atomic E-state index is 14.0. The Kier molecular flexibility index (Phi) is 24.6. The molecule has 16 N–H and O–H groups in total. The van der Waals surface area contributed by atoms with E-state index in [4.69, 9.17) is 22.3 Å². The van der Waals surface area contributed by atoms with E-state index in [9.17, 15) is 58.2 Å². The standard InChI is InChI=1S/C41H72N12O13/c1-9-21(6)31(52-37(62)30(20(4)5)51-33(58)23(8)46-34(59)24(42)18-54)38(63)49-26(17-29(55)56)35(60)47-22(7)32(57)50-27(16-19(2)3)39(64)53-15-11-13-28(53)36(61)48-25(40(65)66)12-10-14-45-41(43)44/h19-28,30-31,54H,9-18,42H2,1-8H3,(H,46,59)(H,47,60)(H,48,61)(H,49,63)(H,50,57)(H,51,58)(H,52,62)(H,55,56)(H,65,66)(H4,43,44,45)/t21-,22-,23-,24-,25-,26-,27-,28-,30-,31-/m0/s1. The molecule has 66 heavy (non-hydrogen) atoms. The number of carboxylic acid groups (broad SMARTS) is 2. The van der Waals surface area contributed by atoms with Gasteiger partial charge in [-0.2, -0.15) is 0 Å². The Bertz CT molecular complexity index is 1760. The number of amides is 8. The van der Waals surface area contributed by atoms with Crippen LogP contribution < -0.4 is 54.4 Å². The van der Waals surface area contributed by atoms with Gasteiger partial charge in [-0.25, -0.2) is 4.79 Å². The molecular formula is C41H72N12O13. The molecule has 374 valence electrons. The highest BCUT2D eigenvalue weighted by molar-refractivity contribution is 5.99. The van der Waals surface area contributed by atoms with Crippen LogP contribution in [0.15, 0.2) is 4.99 Å². The summed E-state index contributed by atoms with van der Waals surface area (Å²) in [5.41, 5.74) is 16.1. The van der Waals surface area contributed by atoms with Gasteiger partial charge in [-0.3, -0.25) is 48.1 Å². The van der Waals surface area contributed by atoms with Gasteiger partial charge in [0.05, 0.1) is 13.0 Å². The number of likely N-dealkylation sites (tertiary alicyclic amines) is 1. The van der Waals surface area contributed by atoms with Crippen molar-refractivity contribution in [3.05, 3.63) is 0 Å². The van der Waals surface area contributed by atoms with Crippen LogP contribution in [0.1, 0.15) is 100 Å². The smallest absolute Gasteiger partial charge is 0.326 e. The fourth-order valence-corrected chi connectivity index (χ4v) is 6.77. The molecular weight excluding hydrogens is 869 g/mol. The van der Waals surface area contributed by atoms with Gasteiger partial charge in [0.25, 0.3) is 0 Å². The molecule has 0 aromatic heterocycles. The lowest BCUT2D eigenvalue weighted by molar-refractivity contribution is -0.145. The number of carbonyl (C=O) groups excluding carboxylic acids is 8. The van der Waals surface area contributed by atoms with Crippen molar-refractivity contribution in [2.75, 3.05) is 19.7 Å². The number of nitrogens with one attached hydrogen (secondary N) is 7. The third kappa shape index (κ3) is 19.2. The molecule has 0 radical (unpaired) electrons. The first kappa shape index (κ1) is 57.9. The normalized spacial score (nSPS) is 17.6. The van der Waals surface area contributed by atoms with Crippen LogP contribution >= 0.6 is 0 Å². The topological polar surface area (TPSA) is 409 Å². The van der Waals surface area contributed by atoms with Crippen molar-refractivity contribution in [3.8, 4) is 0 Å². The van der Waals surface area contributed by atoms with Gasteiger partial charge in [0, 0.05) is 13.1 Å². The summed E-state index contributed by atoms with van der Waals surface area (Å²) in [6.07, 6.45) is 0.383. The average molecular weight is 941 g/mol. The number of rotatable bonds is 28. The highest BCUT2D eigenvalue weighted by Gasteiger charge is 2.40. The van der Waals surface area contributed by atoms with E-state index < -0.39 is 138 Å². The highest BCUT2D eigenvalue weighted by atomic mass is 16.4. The van der Waals surface area contributed by atoms with Crippen LogP contribution in [0, 0.1) is 17.8 Å². The number of aliphatic hydroxyl groups excluding tert-OH is 1. The van der Waals surface area contributed by atoms with Crippen molar-refractivity contribution in [1.82, 2.24) is 42.1 Å². The Hall–Kier alpha value is -6.11. The number of aliphatic carboxylic acids is 2. The minimum absolute atomic E-state index is 0.00794. The van der Waals surface area contributed by atoms with E-state index in [0.717, 1.165) is 0 Å². The summed E-state index contributed by atoms with van der Waals surface area (Å²) >= 11 is 0. The lowest BCUT2D eigenvalue weighted by Gasteiger charge is -2.31. The second-order valence-corrected chi connectivity index (χ2v) is 17.2. The molecule has 1 heterocycles. The first-order chi connectivity index (χ1) is 30.7. The van der Waals surface area contributed by atoms with Crippen molar-refractivity contribution in [2.24, 2.45) is 39.9 Å². The van der Waals surface area contributed by atoms with Crippen LogP contribution in [0.5, 0.6) is 0 Å². The van der Waals surface area contributed by atoms with Gasteiger partial charge in [-0.15, -0.1) is 0 Å². The molecule has 0 aromatic carbocycles. The number of carboxylic acids is 2. The molecule has 1 rings (SSSR count). The van der Waals surface area contributed by atoms with Crippen LogP contribution in [0.4, 0.5) is 0 Å². The van der Waals surface area contributed by atoms with Crippen LogP contribution in [-0.4, -0.2) is 159 Å². The molecule has 0 bridgehead atoms. The lowest BCUT2D eigenvalue weighted by Crippen LogP contribution is -2.61. The number of nitrogens with two attached hydrogens (primary N) is 3. The Balaban J connectivity index is 3.18. The van der Waals surface area contributed by atoms with Gasteiger partial charge in [0.2, 0.25) is 47.3 Å². The predicted octanol–water partition coefficient (Wildman–Crippen LogP) is -3.91. The number of nitrogens with zero attached hydrogens (tertiary/aromatic N) is 2. The number of hydrogen-bond acceptors (Lipinski definition) is 13. The summed E-state index contributed by atoms with van der Waals surface area (Å²) in [7, 11) is 0. The largest absolute Gasteiger partial charge is 0.481 e. The molecule has 1 aliphatic rings. The molecule has 10 atom stereocenters. The van der Waals surface area contributed by atoms with Gasteiger partial charge in [-0.1, -0.05) is 48.0 Å². The summed E-state index contributed by atoms with van der Waals surface area (Å²) in [4.78, 5) is 136. The second-order valence-electron chi connectivity index (χ2n) is 17.2. The molecule has 0 aliphatic carbocycles. The molecule has 0 unspecified atom stereocenters. The van der Waals surface area contributed by atoms with E-state index >= 15 is 0 Å². The summed E-state index contributed by atoms with van der Waals surface area (Å²) in [5.74, 6) is -10.8. The summed E-state index contributed by atoms with van der Waals surface area (Å²) in [6.45, 7) is 12.3. The van der Waals surface area contributed by atoms with Crippen molar-refractivity contribution in [3.63, 3.8) is 0 Å². The maximum absolute atomic E-state index is 14.0. The second kappa shape index (κ2) is 28.0. The third-order valence-corrected chi connectivity index (χ3v) is 10.8. The molecule has 25 nitrogen and oxygen atoms in total. The van der Waals surface area contributed by atoms with Crippen LogP contribution in [0.2, 0.25) is 0 Å². The number of guanidine groups is 1. The zero-order valence-electron chi connectivity index (χ0n) is 39.0. The molecule has 25 heteroatoms. The third-order valence-electron chi connectivity index (χ3n) is 10.8. The van der Waals surface area contributed by atoms with Crippen molar-refractivity contribution >= 4 is 65.2 Å². The zero-order chi connectivity index (χ0) is 50.6. The molecule has 0 aromatic rings. The Morgan fingerprint density at radius 1 is 0.697 bits per heavy atom. The quantitative estimate of drug-likeness (QED) is 0.0203. The van der Waals surface area contributed by atoms with Crippen LogP contribution in [0.25, 0.3) is 0 Å². The molecule has 8 amide bonds. The summed E-state index contributed by atoms with van der Waals surface area (Å²) in [6, 6.07) is -11.7. The zero-order valence-corrected chi connectivity index (χ0v) is 39.0. The van der Waals surface area contributed by atoms with Crippen LogP contribution in [0.3, 0.4) is 0 Å². The first-order valence-corrected chi connectivity index (χ1v) is 22.0. The molecule has 1 fully saturated rings. The van der Waals surface area contributed by atoms with E-state index in [1.807, 2.05) is 0 Å². The maximum Gasteiger partial charge on any atom is 0.326 e. The van der Waals surface area contributed by atoms with Gasteiger partial charge in [-0.05, 0) is 63.7 Å². The predicted molar refractivity (Wildman–Crippen MR) is 238 cm³/mol. The van der Waals surface area contributed by atoms with Crippen molar-refractivity contribution in [2.45, 2.75) is 155 Å². The van der Waals surface area contributed by atoms with Crippen molar-refractivity contribution in [1.29, 1.82) is 0 Å². The van der Waals surface area contributed by atoms with E-state index in [1.54, 1.807) is 41.5 Å². The lowest BCUT2D eigenvalue weighted by atomic mass is 9.96. The minimum Gasteiger partial charge on any atom is -0.481 e. The van der Waals surface area contributed by atoms with Gasteiger partial charge in [0.1, 0.15) is 54.4 Å². The summed E-state index contributed by atoms with van der Waals surface area (Å²) in [5, 5.41) is 45.8. The number of aliphatic hydroxyl groups is 1. The first-order valence-electron chi connectivity index (χ1n) is 22.0. The average Bonchev–Trinajstić information content (AvgIpc) is 3.73. The number of hydrogen-bond donors (Lipinski definition) is 13. The van der Waals surface area contributed by atoms with Gasteiger partial charge in [0.15, 0.2) is 5.96 Å². The fourth-order valence-electron chi connectivity index (χ4n) is 6.77. The van der Waals surface area contributed by atoms with E-state index in [1.165, 1.54) is 18.7 Å². The molecule has 0 saturated carbocycles. The fraction of sp³-hybridized carbons (Fsp3) is 0.732. The molecule has 0 spiro atoms. The molecule has 1 aliphatic heterocycles. The van der Waals surface area contributed by atoms with Gasteiger partial charge < -0.3 is 74.6 Å². The molecule has 1 saturated heterocycles. The van der Waals surface area contributed by atoms with Crippen LogP contribution in [-0.2, 0) is 47.9 Å². The SMILES string of the molecule is CC[C@H](C)[C@H](NC(=O)[C@@H](NC(=O)[C@H](C)NC(=O)[C@@H](N)CO)C(C)C)C(=O)N[C@@H](CC(=O)O)C(=O)N[C@@H](C)C(=O)N[C@@H](CC(C)C)C(=O)N1CCC[C@H]1C(=O)N[C@@H](CCCN=C(N)N)C(=O)O. The van der Waals surface area contributed by atoms with E-state index in [2.05, 4.69) is 42.2 Å². The Morgan fingerprint density at radius 2 is 1.24 bits per heavy atom. The number of aliphatic imine (C=N–C) groups is 1. The summed E-state index contributed by atoms with van der Waals surface area (Å²) < 4.78 is 0. The van der Waals surface area contributed by atoms with Gasteiger partial charge >= 0.3 is 11.9 Å². The van der Waals surface area contributed by atoms with Crippen molar-refractivity contribution < 1.29 is 63.3 Å².